The molecule has 4 heteroatoms. The molecule has 1 heterocycles. The molecule has 0 spiro atoms. The molecule has 4 nitrogen and oxygen atoms in total. The lowest BCUT2D eigenvalue weighted by molar-refractivity contribution is 0.414. The van der Waals surface area contributed by atoms with Gasteiger partial charge in [-0.2, -0.15) is 10.4 Å². The Hall–Kier alpha value is -2.28. The van der Waals surface area contributed by atoms with Crippen LogP contribution in [0.25, 0.3) is 5.69 Å². The van der Waals surface area contributed by atoms with Crippen LogP contribution in [0.3, 0.4) is 0 Å². The van der Waals surface area contributed by atoms with Gasteiger partial charge in [0.25, 0.3) is 0 Å². The zero-order chi connectivity index (χ0) is 10.7. The van der Waals surface area contributed by atoms with E-state index in [0.29, 0.717) is 11.3 Å². The minimum atomic E-state index is 0.569. The lowest BCUT2D eigenvalue weighted by atomic mass is 10.2. The second kappa shape index (κ2) is 3.84. The van der Waals surface area contributed by atoms with Gasteiger partial charge >= 0.3 is 0 Å². The van der Waals surface area contributed by atoms with Crippen molar-refractivity contribution >= 4 is 0 Å². The van der Waals surface area contributed by atoms with Crippen molar-refractivity contribution in [3.63, 3.8) is 0 Å². The zero-order valence-electron chi connectivity index (χ0n) is 8.21. The van der Waals surface area contributed by atoms with E-state index in [0.717, 1.165) is 5.69 Å². The van der Waals surface area contributed by atoms with Crippen molar-refractivity contribution in [1.82, 2.24) is 9.78 Å². The summed E-state index contributed by atoms with van der Waals surface area (Å²) in [6, 6.07) is 9.18. The summed E-state index contributed by atoms with van der Waals surface area (Å²) in [7, 11) is 1.59. The number of nitrogens with zero attached hydrogens (tertiary/aromatic N) is 3. The fourth-order valence-corrected chi connectivity index (χ4v) is 1.33. The predicted octanol–water partition coefficient (Wildman–Crippen LogP) is 1.75. The predicted molar refractivity (Wildman–Crippen MR) is 54.8 cm³/mol. The third kappa shape index (κ3) is 1.67. The summed E-state index contributed by atoms with van der Waals surface area (Å²) in [5, 5.41) is 13.0. The van der Waals surface area contributed by atoms with Crippen molar-refractivity contribution in [2.45, 2.75) is 0 Å². The molecule has 0 aliphatic carbocycles. The summed E-state index contributed by atoms with van der Waals surface area (Å²) in [5.41, 5.74) is 1.29. The van der Waals surface area contributed by atoms with Gasteiger partial charge in [-0.25, -0.2) is 4.68 Å². The molecule has 0 aliphatic rings. The smallest absolute Gasteiger partial charge is 0.121 e. The van der Waals surface area contributed by atoms with E-state index in [2.05, 4.69) is 11.2 Å². The third-order valence-corrected chi connectivity index (χ3v) is 2.08. The molecule has 0 bridgehead atoms. The van der Waals surface area contributed by atoms with Crippen LogP contribution in [-0.2, 0) is 0 Å². The summed E-state index contributed by atoms with van der Waals surface area (Å²) < 4.78 is 6.74. The fraction of sp³-hybridized carbons (Fsp3) is 0.0909. The van der Waals surface area contributed by atoms with Crippen LogP contribution in [0.5, 0.6) is 5.75 Å². The number of hydrogen-bond donors (Lipinski definition) is 0. The van der Waals surface area contributed by atoms with E-state index >= 15 is 0 Å². The Morgan fingerprint density at radius 1 is 1.47 bits per heavy atom. The molecule has 2 rings (SSSR count). The Kier molecular flexibility index (Phi) is 2.38. The van der Waals surface area contributed by atoms with Crippen LogP contribution in [0, 0.1) is 11.3 Å². The molecule has 74 valence electrons. The lowest BCUT2D eigenvalue weighted by Gasteiger charge is -2.06. The van der Waals surface area contributed by atoms with Crippen LogP contribution in [0.2, 0.25) is 0 Å². The summed E-state index contributed by atoms with van der Waals surface area (Å²) in [6.45, 7) is 0. The average Bonchev–Trinajstić information content (AvgIpc) is 2.81. The molecule has 2 aromatic rings. The molecule has 0 fully saturated rings. The Morgan fingerprint density at radius 2 is 2.33 bits per heavy atom. The molecule has 1 aromatic heterocycles. The molecule has 15 heavy (non-hydrogen) atoms. The van der Waals surface area contributed by atoms with E-state index in [1.54, 1.807) is 48.5 Å². The Balaban J connectivity index is 2.58. The van der Waals surface area contributed by atoms with Gasteiger partial charge in [-0.3, -0.25) is 0 Å². The van der Waals surface area contributed by atoms with Crippen molar-refractivity contribution in [2.24, 2.45) is 0 Å². The van der Waals surface area contributed by atoms with Gasteiger partial charge in [-0.15, -0.1) is 0 Å². The molecule has 0 unspecified atom stereocenters. The molecular weight excluding hydrogens is 190 g/mol. The Labute approximate surface area is 87.3 Å². The highest BCUT2D eigenvalue weighted by Crippen LogP contribution is 2.19. The minimum Gasteiger partial charge on any atom is -0.497 e. The van der Waals surface area contributed by atoms with Crippen LogP contribution in [0.15, 0.2) is 36.7 Å². The number of rotatable bonds is 2. The van der Waals surface area contributed by atoms with E-state index in [1.807, 2.05) is 0 Å². The first-order valence-electron chi connectivity index (χ1n) is 4.43. The summed E-state index contributed by atoms with van der Waals surface area (Å²) in [6.07, 6.45) is 3.45. The van der Waals surface area contributed by atoms with E-state index < -0.39 is 0 Å². The summed E-state index contributed by atoms with van der Waals surface area (Å²) in [4.78, 5) is 0. The monoisotopic (exact) mass is 199 g/mol. The second-order valence-corrected chi connectivity index (χ2v) is 2.95. The molecular formula is C11H9N3O. The maximum atomic E-state index is 8.95. The maximum absolute atomic E-state index is 8.95. The largest absolute Gasteiger partial charge is 0.497 e. The summed E-state index contributed by atoms with van der Waals surface area (Å²) in [5.74, 6) is 0.708. The number of nitriles is 1. The first-order chi connectivity index (χ1) is 7.35. The first-order valence-corrected chi connectivity index (χ1v) is 4.43. The number of aromatic nitrogens is 2. The maximum Gasteiger partial charge on any atom is 0.121 e. The van der Waals surface area contributed by atoms with E-state index in [9.17, 15) is 0 Å². The van der Waals surface area contributed by atoms with Crippen LogP contribution in [0.1, 0.15) is 5.56 Å². The van der Waals surface area contributed by atoms with Gasteiger partial charge in [-0.05, 0) is 18.2 Å². The van der Waals surface area contributed by atoms with E-state index in [1.165, 1.54) is 0 Å². The molecule has 0 aliphatic heterocycles. The molecule has 0 amide bonds. The SMILES string of the molecule is COc1ccc(C#N)c(-n2cccn2)c1. The van der Waals surface area contributed by atoms with Crippen LogP contribution in [0.4, 0.5) is 0 Å². The van der Waals surface area contributed by atoms with Crippen LogP contribution >= 0.6 is 0 Å². The quantitative estimate of drug-likeness (QED) is 0.740. The number of benzene rings is 1. The van der Waals surface area contributed by atoms with Gasteiger partial charge in [0, 0.05) is 18.5 Å². The van der Waals surface area contributed by atoms with Gasteiger partial charge in [-0.1, -0.05) is 0 Å². The molecule has 0 saturated carbocycles. The molecule has 0 atom stereocenters. The Bertz CT molecular complexity index is 497. The highest BCUT2D eigenvalue weighted by molar-refractivity contribution is 5.52. The van der Waals surface area contributed by atoms with Crippen molar-refractivity contribution in [3.05, 3.63) is 42.2 Å². The number of hydrogen-bond acceptors (Lipinski definition) is 3. The topological polar surface area (TPSA) is 50.8 Å². The van der Waals surface area contributed by atoms with Gasteiger partial charge < -0.3 is 4.74 Å². The standard InChI is InChI=1S/C11H9N3O/c1-15-10-4-3-9(8-12)11(7-10)14-6-2-5-13-14/h2-7H,1H3. The highest BCUT2D eigenvalue weighted by Gasteiger charge is 2.05. The summed E-state index contributed by atoms with van der Waals surface area (Å²) >= 11 is 0. The highest BCUT2D eigenvalue weighted by atomic mass is 16.5. The van der Waals surface area contributed by atoms with Gasteiger partial charge in [0.2, 0.25) is 0 Å². The number of ether oxygens (including phenoxy) is 1. The lowest BCUT2D eigenvalue weighted by Crippen LogP contribution is -1.98. The minimum absolute atomic E-state index is 0.569. The molecule has 1 aromatic carbocycles. The molecule has 0 radical (unpaired) electrons. The van der Waals surface area contributed by atoms with Gasteiger partial charge in [0.1, 0.15) is 11.8 Å². The molecule has 0 N–H and O–H groups in total. The van der Waals surface area contributed by atoms with Crippen LogP contribution < -0.4 is 4.74 Å². The van der Waals surface area contributed by atoms with Crippen molar-refractivity contribution in [1.29, 1.82) is 5.26 Å². The third-order valence-electron chi connectivity index (χ3n) is 2.08. The molecule has 0 saturated heterocycles. The van der Waals surface area contributed by atoms with E-state index in [-0.39, 0.29) is 0 Å². The van der Waals surface area contributed by atoms with Crippen molar-refractivity contribution < 1.29 is 4.74 Å². The fourth-order valence-electron chi connectivity index (χ4n) is 1.33. The zero-order valence-corrected chi connectivity index (χ0v) is 8.21. The Morgan fingerprint density at radius 3 is 2.93 bits per heavy atom. The van der Waals surface area contributed by atoms with E-state index in [4.69, 9.17) is 10.00 Å². The van der Waals surface area contributed by atoms with Crippen molar-refractivity contribution in [3.8, 4) is 17.5 Å². The van der Waals surface area contributed by atoms with Gasteiger partial charge in [0.15, 0.2) is 0 Å². The first kappa shape index (κ1) is 9.28. The second-order valence-electron chi connectivity index (χ2n) is 2.95. The van der Waals surface area contributed by atoms with Gasteiger partial charge in [0.05, 0.1) is 18.4 Å². The number of methoxy groups -OCH3 is 1. The average molecular weight is 199 g/mol. The normalized spacial score (nSPS) is 9.60. The van der Waals surface area contributed by atoms with Crippen LogP contribution in [-0.4, -0.2) is 16.9 Å². The van der Waals surface area contributed by atoms with Crippen molar-refractivity contribution in [2.75, 3.05) is 7.11 Å².